The van der Waals surface area contributed by atoms with E-state index in [1.54, 1.807) is 6.33 Å². The van der Waals surface area contributed by atoms with Crippen LogP contribution in [0.25, 0.3) is 11.0 Å². The van der Waals surface area contributed by atoms with Gasteiger partial charge in [0.25, 0.3) is 0 Å². The highest BCUT2D eigenvalue weighted by Gasteiger charge is 2.17. The predicted octanol–water partition coefficient (Wildman–Crippen LogP) is 2.42. The van der Waals surface area contributed by atoms with Crippen LogP contribution >= 0.6 is 0 Å². The van der Waals surface area contributed by atoms with Crippen LogP contribution in [0, 0.1) is 6.92 Å². The zero-order valence-corrected chi connectivity index (χ0v) is 10.0. The molecule has 1 saturated heterocycles. The predicted molar refractivity (Wildman–Crippen MR) is 69.2 cm³/mol. The molecule has 1 N–H and O–H groups in total. The molecule has 0 saturated carbocycles. The van der Waals surface area contributed by atoms with Crippen molar-refractivity contribution in [3.05, 3.63) is 30.2 Å². The van der Waals surface area contributed by atoms with Crippen LogP contribution in [0.1, 0.15) is 18.5 Å². The van der Waals surface area contributed by atoms with Crippen LogP contribution in [-0.4, -0.2) is 28.0 Å². The van der Waals surface area contributed by atoms with E-state index in [0.717, 1.165) is 48.5 Å². The Hall–Kier alpha value is -1.84. The molecule has 1 aliphatic heterocycles. The number of hydrogen-bond donors (Lipinski definition) is 1. The molecule has 3 heterocycles. The average Bonchev–Trinajstić information content (AvgIpc) is 2.70. The molecule has 17 heavy (non-hydrogen) atoms. The van der Waals surface area contributed by atoms with Gasteiger partial charge in [0.15, 0.2) is 5.82 Å². The molecular formula is C13H16N4. The fourth-order valence-electron chi connectivity index (χ4n) is 2.33. The van der Waals surface area contributed by atoms with Gasteiger partial charge in [-0.05, 0) is 25.8 Å². The third-order valence-corrected chi connectivity index (χ3v) is 3.30. The topological polar surface area (TPSA) is 44.8 Å². The Balaban J connectivity index is 2.02. The second-order valence-corrected chi connectivity index (χ2v) is 4.65. The highest BCUT2D eigenvalue weighted by molar-refractivity contribution is 5.86. The van der Waals surface area contributed by atoms with E-state index in [-0.39, 0.29) is 0 Å². The standard InChI is InChI=1S/C13H16N4/c1-9-3-5-17(6-4-9)13-12-11(14-8-15-13)7-10(2)16-12/h7-8,16H,1,3-6H2,2H3. The minimum atomic E-state index is 0.997. The van der Waals surface area contributed by atoms with Crippen LogP contribution in [-0.2, 0) is 0 Å². The smallest absolute Gasteiger partial charge is 0.156 e. The first-order valence-electron chi connectivity index (χ1n) is 5.96. The fraction of sp³-hybridized carbons (Fsp3) is 0.385. The summed E-state index contributed by atoms with van der Waals surface area (Å²) in [4.78, 5) is 14.4. The molecule has 2 aromatic heterocycles. The lowest BCUT2D eigenvalue weighted by Crippen LogP contribution is -2.31. The SMILES string of the molecule is C=C1CCN(c2ncnc3cc(C)[nH]c23)CC1. The number of H-pyrrole nitrogens is 1. The lowest BCUT2D eigenvalue weighted by Gasteiger charge is -2.29. The molecule has 0 spiro atoms. The summed E-state index contributed by atoms with van der Waals surface area (Å²) in [6.07, 6.45) is 3.77. The van der Waals surface area contributed by atoms with Gasteiger partial charge in [0.2, 0.25) is 0 Å². The summed E-state index contributed by atoms with van der Waals surface area (Å²) in [5.74, 6) is 1.02. The van der Waals surface area contributed by atoms with Gasteiger partial charge in [-0.3, -0.25) is 0 Å². The van der Waals surface area contributed by atoms with Gasteiger partial charge >= 0.3 is 0 Å². The minimum Gasteiger partial charge on any atom is -0.354 e. The summed E-state index contributed by atoms with van der Waals surface area (Å²) in [6, 6.07) is 2.06. The lowest BCUT2D eigenvalue weighted by molar-refractivity contribution is 0.680. The number of piperidine rings is 1. The number of anilines is 1. The molecule has 1 fully saturated rings. The third-order valence-electron chi connectivity index (χ3n) is 3.30. The van der Waals surface area contributed by atoms with Crippen molar-refractivity contribution in [2.24, 2.45) is 0 Å². The van der Waals surface area contributed by atoms with E-state index in [2.05, 4.69) is 32.5 Å². The maximum Gasteiger partial charge on any atom is 0.156 e. The monoisotopic (exact) mass is 228 g/mol. The van der Waals surface area contributed by atoms with E-state index in [1.807, 2.05) is 6.92 Å². The zero-order valence-electron chi connectivity index (χ0n) is 10.0. The Kier molecular flexibility index (Phi) is 2.35. The summed E-state index contributed by atoms with van der Waals surface area (Å²) >= 11 is 0. The van der Waals surface area contributed by atoms with Gasteiger partial charge in [-0.1, -0.05) is 12.2 Å². The van der Waals surface area contributed by atoms with Crippen molar-refractivity contribution in [3.63, 3.8) is 0 Å². The van der Waals surface area contributed by atoms with Gasteiger partial charge in [-0.15, -0.1) is 0 Å². The summed E-state index contributed by atoms with van der Waals surface area (Å²) in [5, 5.41) is 0. The van der Waals surface area contributed by atoms with Gasteiger partial charge in [0, 0.05) is 18.8 Å². The van der Waals surface area contributed by atoms with Gasteiger partial charge in [0.05, 0.1) is 5.52 Å². The molecule has 0 aromatic carbocycles. The Morgan fingerprint density at radius 2 is 2.06 bits per heavy atom. The van der Waals surface area contributed by atoms with Crippen molar-refractivity contribution >= 4 is 16.9 Å². The largest absolute Gasteiger partial charge is 0.354 e. The third kappa shape index (κ3) is 1.79. The first-order valence-corrected chi connectivity index (χ1v) is 5.96. The van der Waals surface area contributed by atoms with Crippen molar-refractivity contribution < 1.29 is 0 Å². The number of aromatic amines is 1. The molecule has 3 rings (SSSR count). The van der Waals surface area contributed by atoms with Gasteiger partial charge in [-0.2, -0.15) is 0 Å². The first-order chi connectivity index (χ1) is 8.24. The van der Waals surface area contributed by atoms with Crippen molar-refractivity contribution in [3.8, 4) is 0 Å². The van der Waals surface area contributed by atoms with Crippen molar-refractivity contribution in [2.75, 3.05) is 18.0 Å². The first kappa shape index (κ1) is 10.3. The van der Waals surface area contributed by atoms with Gasteiger partial charge in [0.1, 0.15) is 11.8 Å². The molecular weight excluding hydrogens is 212 g/mol. The van der Waals surface area contributed by atoms with Crippen LogP contribution in [0.2, 0.25) is 0 Å². The second kappa shape index (κ2) is 3.87. The molecule has 4 heteroatoms. The molecule has 0 radical (unpaired) electrons. The van der Waals surface area contributed by atoms with Crippen LogP contribution in [0.15, 0.2) is 24.5 Å². The van der Waals surface area contributed by atoms with Crippen LogP contribution in [0.3, 0.4) is 0 Å². The molecule has 0 atom stereocenters. The number of nitrogens with one attached hydrogen (secondary N) is 1. The Bertz CT molecular complexity index is 560. The van der Waals surface area contributed by atoms with E-state index in [1.165, 1.54) is 5.57 Å². The molecule has 2 aromatic rings. The van der Waals surface area contributed by atoms with Crippen LogP contribution in [0.5, 0.6) is 0 Å². The lowest BCUT2D eigenvalue weighted by atomic mass is 10.1. The number of fused-ring (bicyclic) bond motifs is 1. The summed E-state index contributed by atoms with van der Waals surface area (Å²) in [5.41, 5.74) is 4.52. The molecule has 0 amide bonds. The highest BCUT2D eigenvalue weighted by atomic mass is 15.2. The van der Waals surface area contributed by atoms with Gasteiger partial charge in [-0.25, -0.2) is 9.97 Å². The van der Waals surface area contributed by atoms with E-state index in [4.69, 9.17) is 0 Å². The maximum atomic E-state index is 4.42. The van der Waals surface area contributed by atoms with Crippen LogP contribution < -0.4 is 4.90 Å². The quantitative estimate of drug-likeness (QED) is 0.762. The number of hydrogen-bond acceptors (Lipinski definition) is 3. The van der Waals surface area contributed by atoms with Crippen LogP contribution in [0.4, 0.5) is 5.82 Å². The highest BCUT2D eigenvalue weighted by Crippen LogP contribution is 2.26. The van der Waals surface area contributed by atoms with E-state index in [0.29, 0.717) is 0 Å². The second-order valence-electron chi connectivity index (χ2n) is 4.65. The normalized spacial score (nSPS) is 16.8. The zero-order chi connectivity index (χ0) is 11.8. The number of rotatable bonds is 1. The van der Waals surface area contributed by atoms with Crippen molar-refractivity contribution in [1.82, 2.24) is 15.0 Å². The fourth-order valence-corrected chi connectivity index (χ4v) is 2.33. The number of nitrogens with zero attached hydrogens (tertiary/aromatic N) is 3. The number of aromatic nitrogens is 3. The summed E-state index contributed by atoms with van der Waals surface area (Å²) in [6.45, 7) is 8.09. The summed E-state index contributed by atoms with van der Waals surface area (Å²) < 4.78 is 0. The minimum absolute atomic E-state index is 0.997. The maximum absolute atomic E-state index is 4.42. The molecule has 0 bridgehead atoms. The molecule has 1 aliphatic rings. The molecule has 0 aliphatic carbocycles. The Morgan fingerprint density at radius 3 is 2.82 bits per heavy atom. The molecule has 88 valence electrons. The van der Waals surface area contributed by atoms with Crippen molar-refractivity contribution in [1.29, 1.82) is 0 Å². The van der Waals surface area contributed by atoms with E-state index < -0.39 is 0 Å². The Morgan fingerprint density at radius 1 is 1.29 bits per heavy atom. The van der Waals surface area contributed by atoms with E-state index in [9.17, 15) is 0 Å². The molecule has 0 unspecified atom stereocenters. The average molecular weight is 228 g/mol. The number of aryl methyl sites for hydroxylation is 1. The molecule has 4 nitrogen and oxygen atoms in total. The Labute approximate surface area is 100 Å². The van der Waals surface area contributed by atoms with Crippen molar-refractivity contribution in [2.45, 2.75) is 19.8 Å². The van der Waals surface area contributed by atoms with Gasteiger partial charge < -0.3 is 9.88 Å². The summed E-state index contributed by atoms with van der Waals surface area (Å²) in [7, 11) is 0. The van der Waals surface area contributed by atoms with E-state index >= 15 is 0 Å².